The number of hydrogen-bond donors (Lipinski definition) is 0. The molecule has 0 amide bonds. The Labute approximate surface area is 112 Å². The van der Waals surface area contributed by atoms with Gasteiger partial charge in [0.15, 0.2) is 0 Å². The first-order valence-corrected chi connectivity index (χ1v) is 6.54. The van der Waals surface area contributed by atoms with Gasteiger partial charge in [0.1, 0.15) is 5.75 Å². The van der Waals surface area contributed by atoms with Crippen LogP contribution in [-0.2, 0) is 6.54 Å². The lowest BCUT2D eigenvalue weighted by Crippen LogP contribution is -2.18. The summed E-state index contributed by atoms with van der Waals surface area (Å²) in [7, 11) is 1.65. The van der Waals surface area contributed by atoms with Crippen LogP contribution < -0.4 is 4.74 Å². The summed E-state index contributed by atoms with van der Waals surface area (Å²) in [5, 5.41) is 4.03. The molecule has 19 heavy (non-hydrogen) atoms. The van der Waals surface area contributed by atoms with E-state index in [1.807, 2.05) is 24.3 Å². The molecule has 2 heterocycles. The zero-order valence-electron chi connectivity index (χ0n) is 11.0. The van der Waals surface area contributed by atoms with Crippen molar-refractivity contribution >= 4 is 0 Å². The van der Waals surface area contributed by atoms with E-state index in [0.717, 1.165) is 30.9 Å². The van der Waals surface area contributed by atoms with E-state index >= 15 is 0 Å². The maximum Gasteiger partial charge on any atom is 0.241 e. The Hall–Kier alpha value is -1.88. The summed E-state index contributed by atoms with van der Waals surface area (Å²) in [6.07, 6.45) is 2.53. The topological polar surface area (TPSA) is 51.4 Å². The molecule has 0 radical (unpaired) electrons. The van der Waals surface area contributed by atoms with Gasteiger partial charge in [-0.1, -0.05) is 5.16 Å². The lowest BCUT2D eigenvalue weighted by atomic mass is 10.2. The third kappa shape index (κ3) is 2.76. The molecular formula is C14H17N3O2. The van der Waals surface area contributed by atoms with Crippen molar-refractivity contribution in [2.45, 2.75) is 19.4 Å². The van der Waals surface area contributed by atoms with Gasteiger partial charge in [-0.15, -0.1) is 0 Å². The zero-order valence-corrected chi connectivity index (χ0v) is 11.0. The highest BCUT2D eigenvalue weighted by atomic mass is 16.5. The molecule has 1 aromatic carbocycles. The Morgan fingerprint density at radius 1 is 1.21 bits per heavy atom. The number of aromatic nitrogens is 2. The van der Waals surface area contributed by atoms with Gasteiger partial charge in [0.2, 0.25) is 11.7 Å². The second-order valence-corrected chi connectivity index (χ2v) is 4.72. The number of hydrogen-bond acceptors (Lipinski definition) is 5. The minimum atomic E-state index is 0.636. The first-order valence-electron chi connectivity index (χ1n) is 6.54. The van der Waals surface area contributed by atoms with E-state index in [1.165, 1.54) is 12.8 Å². The van der Waals surface area contributed by atoms with Crippen LogP contribution in [0.4, 0.5) is 0 Å². The summed E-state index contributed by atoms with van der Waals surface area (Å²) in [5.74, 6) is 2.15. The van der Waals surface area contributed by atoms with E-state index in [0.29, 0.717) is 11.7 Å². The SMILES string of the molecule is COc1ccc(-c2noc(CN3CCCC3)n2)cc1. The van der Waals surface area contributed by atoms with Gasteiger partial charge in [0.05, 0.1) is 13.7 Å². The highest BCUT2D eigenvalue weighted by Gasteiger charge is 2.16. The molecule has 0 unspecified atom stereocenters. The molecule has 1 aliphatic rings. The minimum absolute atomic E-state index is 0.636. The second kappa shape index (κ2) is 5.40. The first-order chi connectivity index (χ1) is 9.35. The van der Waals surface area contributed by atoms with Crippen LogP contribution in [0.15, 0.2) is 28.8 Å². The van der Waals surface area contributed by atoms with Gasteiger partial charge in [-0.2, -0.15) is 4.98 Å². The molecule has 0 aliphatic carbocycles. The number of ether oxygens (including phenoxy) is 1. The summed E-state index contributed by atoms with van der Waals surface area (Å²) in [6.45, 7) is 3.00. The number of rotatable bonds is 4. The van der Waals surface area contributed by atoms with Crippen molar-refractivity contribution in [3.8, 4) is 17.1 Å². The Balaban J connectivity index is 1.72. The van der Waals surface area contributed by atoms with Crippen LogP contribution in [0.3, 0.4) is 0 Å². The molecule has 1 aliphatic heterocycles. The summed E-state index contributed by atoms with van der Waals surface area (Å²) < 4.78 is 10.4. The highest BCUT2D eigenvalue weighted by molar-refractivity contribution is 5.55. The van der Waals surface area contributed by atoms with Crippen molar-refractivity contribution < 1.29 is 9.26 Å². The smallest absolute Gasteiger partial charge is 0.241 e. The fraction of sp³-hybridized carbons (Fsp3) is 0.429. The van der Waals surface area contributed by atoms with Gasteiger partial charge >= 0.3 is 0 Å². The molecule has 0 N–H and O–H groups in total. The molecule has 1 aromatic heterocycles. The predicted molar refractivity (Wildman–Crippen MR) is 70.8 cm³/mol. The van der Waals surface area contributed by atoms with E-state index in [4.69, 9.17) is 9.26 Å². The average Bonchev–Trinajstić information content (AvgIpc) is 3.11. The molecule has 5 heteroatoms. The molecule has 3 rings (SSSR count). The predicted octanol–water partition coefficient (Wildman–Crippen LogP) is 2.34. The van der Waals surface area contributed by atoms with Crippen molar-refractivity contribution in [2.75, 3.05) is 20.2 Å². The Kier molecular flexibility index (Phi) is 3.46. The molecule has 5 nitrogen and oxygen atoms in total. The Morgan fingerprint density at radius 3 is 2.63 bits per heavy atom. The van der Waals surface area contributed by atoms with Crippen LogP contribution in [0.5, 0.6) is 5.75 Å². The monoisotopic (exact) mass is 259 g/mol. The fourth-order valence-corrected chi connectivity index (χ4v) is 2.31. The lowest BCUT2D eigenvalue weighted by Gasteiger charge is -2.09. The lowest BCUT2D eigenvalue weighted by molar-refractivity contribution is 0.268. The molecule has 0 spiro atoms. The van der Waals surface area contributed by atoms with E-state index in [1.54, 1.807) is 7.11 Å². The quantitative estimate of drug-likeness (QED) is 0.843. The maximum absolute atomic E-state index is 5.30. The molecule has 0 atom stereocenters. The van der Waals surface area contributed by atoms with E-state index in [2.05, 4.69) is 15.0 Å². The van der Waals surface area contributed by atoms with Crippen LogP contribution in [0.25, 0.3) is 11.4 Å². The summed E-state index contributed by atoms with van der Waals surface area (Å²) in [4.78, 5) is 6.78. The molecule has 0 saturated carbocycles. The first kappa shape index (κ1) is 12.2. The van der Waals surface area contributed by atoms with Crippen LogP contribution in [-0.4, -0.2) is 35.2 Å². The van der Waals surface area contributed by atoms with E-state index in [9.17, 15) is 0 Å². The van der Waals surface area contributed by atoms with Gasteiger partial charge in [-0.3, -0.25) is 4.90 Å². The minimum Gasteiger partial charge on any atom is -0.497 e. The van der Waals surface area contributed by atoms with Gasteiger partial charge in [-0.25, -0.2) is 0 Å². The molecule has 1 fully saturated rings. The third-order valence-electron chi connectivity index (χ3n) is 3.37. The Morgan fingerprint density at radius 2 is 1.95 bits per heavy atom. The molecular weight excluding hydrogens is 242 g/mol. The summed E-state index contributed by atoms with van der Waals surface area (Å²) in [5.41, 5.74) is 0.942. The van der Waals surface area contributed by atoms with Crippen LogP contribution >= 0.6 is 0 Å². The second-order valence-electron chi connectivity index (χ2n) is 4.72. The van der Waals surface area contributed by atoms with Crippen LogP contribution in [0, 0.1) is 0 Å². The number of methoxy groups -OCH3 is 1. The summed E-state index contributed by atoms with van der Waals surface area (Å²) in [6, 6.07) is 7.66. The molecule has 2 aromatic rings. The van der Waals surface area contributed by atoms with Gasteiger partial charge in [-0.05, 0) is 50.2 Å². The van der Waals surface area contributed by atoms with Crippen molar-refractivity contribution in [3.05, 3.63) is 30.2 Å². The van der Waals surface area contributed by atoms with Gasteiger partial charge in [0, 0.05) is 5.56 Å². The molecule has 0 bridgehead atoms. The van der Waals surface area contributed by atoms with Crippen molar-refractivity contribution in [1.29, 1.82) is 0 Å². The molecule has 1 saturated heterocycles. The van der Waals surface area contributed by atoms with Crippen molar-refractivity contribution in [1.82, 2.24) is 15.0 Å². The van der Waals surface area contributed by atoms with Crippen molar-refractivity contribution in [2.24, 2.45) is 0 Å². The number of likely N-dealkylation sites (tertiary alicyclic amines) is 1. The zero-order chi connectivity index (χ0) is 13.1. The largest absolute Gasteiger partial charge is 0.497 e. The normalized spacial score (nSPS) is 15.8. The Bertz CT molecular complexity index is 530. The highest BCUT2D eigenvalue weighted by Crippen LogP contribution is 2.20. The van der Waals surface area contributed by atoms with E-state index < -0.39 is 0 Å². The van der Waals surface area contributed by atoms with Crippen LogP contribution in [0.2, 0.25) is 0 Å². The average molecular weight is 259 g/mol. The third-order valence-corrected chi connectivity index (χ3v) is 3.37. The van der Waals surface area contributed by atoms with Gasteiger partial charge < -0.3 is 9.26 Å². The van der Waals surface area contributed by atoms with Crippen molar-refractivity contribution in [3.63, 3.8) is 0 Å². The van der Waals surface area contributed by atoms with Gasteiger partial charge in [0.25, 0.3) is 0 Å². The standard InChI is InChI=1S/C14H17N3O2/c1-18-12-6-4-11(5-7-12)14-15-13(19-16-14)10-17-8-2-3-9-17/h4-7H,2-3,8-10H2,1H3. The molecule has 100 valence electrons. The van der Waals surface area contributed by atoms with E-state index in [-0.39, 0.29) is 0 Å². The number of benzene rings is 1. The summed E-state index contributed by atoms with van der Waals surface area (Å²) >= 11 is 0. The maximum atomic E-state index is 5.30. The number of nitrogens with zero attached hydrogens (tertiary/aromatic N) is 3. The van der Waals surface area contributed by atoms with Crippen LogP contribution in [0.1, 0.15) is 18.7 Å². The fourth-order valence-electron chi connectivity index (χ4n) is 2.31.